The molecule has 2 heterocycles. The van der Waals surface area contributed by atoms with Gasteiger partial charge in [0.2, 0.25) is 5.91 Å². The summed E-state index contributed by atoms with van der Waals surface area (Å²) in [5, 5.41) is 3.45. The first-order chi connectivity index (χ1) is 7.43. The second kappa shape index (κ2) is 4.02. The summed E-state index contributed by atoms with van der Waals surface area (Å²) in [6.07, 6.45) is 3.66. The number of nitrogens with zero attached hydrogens (tertiary/aromatic N) is 1. The molecule has 1 spiro atoms. The zero-order valence-electron chi connectivity index (χ0n) is 10.8. The van der Waals surface area contributed by atoms with Crippen molar-refractivity contribution in [1.82, 2.24) is 10.2 Å². The third-order valence-electron chi connectivity index (χ3n) is 4.09. The molecule has 2 aliphatic rings. The van der Waals surface area contributed by atoms with Crippen molar-refractivity contribution in [3.05, 3.63) is 0 Å². The highest BCUT2D eigenvalue weighted by Gasteiger charge is 2.39. The maximum absolute atomic E-state index is 12.1. The van der Waals surface area contributed by atoms with Crippen LogP contribution >= 0.6 is 0 Å². The largest absolute Gasteiger partial charge is 0.342 e. The van der Waals surface area contributed by atoms with Crippen molar-refractivity contribution in [1.29, 1.82) is 0 Å². The number of hydrogen-bond donors (Lipinski definition) is 1. The van der Waals surface area contributed by atoms with E-state index in [1.807, 2.05) is 20.8 Å². The van der Waals surface area contributed by atoms with Gasteiger partial charge in [-0.05, 0) is 31.2 Å². The molecule has 0 saturated carbocycles. The van der Waals surface area contributed by atoms with Crippen LogP contribution in [0.1, 0.15) is 40.0 Å². The fourth-order valence-corrected chi connectivity index (χ4v) is 2.88. The maximum Gasteiger partial charge on any atom is 0.227 e. The summed E-state index contributed by atoms with van der Waals surface area (Å²) in [6, 6.07) is 0. The van der Waals surface area contributed by atoms with E-state index in [1.54, 1.807) is 0 Å². The molecule has 2 fully saturated rings. The molecule has 0 aromatic heterocycles. The highest BCUT2D eigenvalue weighted by molar-refractivity contribution is 5.81. The number of hydrogen-bond acceptors (Lipinski definition) is 2. The van der Waals surface area contributed by atoms with Gasteiger partial charge in [0.05, 0.1) is 0 Å². The van der Waals surface area contributed by atoms with Crippen LogP contribution in [-0.2, 0) is 4.79 Å². The molecular weight excluding hydrogens is 200 g/mol. The van der Waals surface area contributed by atoms with Crippen LogP contribution in [0.2, 0.25) is 0 Å². The second-order valence-electron chi connectivity index (χ2n) is 6.47. The van der Waals surface area contributed by atoms with Crippen molar-refractivity contribution >= 4 is 5.91 Å². The highest BCUT2D eigenvalue weighted by Crippen LogP contribution is 2.37. The van der Waals surface area contributed by atoms with E-state index in [0.717, 1.165) is 26.2 Å². The fraction of sp³-hybridized carbons (Fsp3) is 0.923. The normalized spacial score (nSPS) is 25.1. The van der Waals surface area contributed by atoms with Crippen molar-refractivity contribution in [2.45, 2.75) is 40.0 Å². The Hall–Kier alpha value is -0.570. The van der Waals surface area contributed by atoms with Crippen LogP contribution in [0.25, 0.3) is 0 Å². The molecule has 0 unspecified atom stereocenters. The second-order valence-corrected chi connectivity index (χ2v) is 6.47. The Bertz CT molecular complexity index is 264. The number of carbonyl (C=O) groups excluding carboxylic acids is 1. The lowest BCUT2D eigenvalue weighted by Crippen LogP contribution is -2.47. The average Bonchev–Trinajstić information content (AvgIpc) is 2.66. The molecule has 2 aliphatic heterocycles. The van der Waals surface area contributed by atoms with E-state index < -0.39 is 0 Å². The van der Waals surface area contributed by atoms with E-state index in [2.05, 4.69) is 10.2 Å². The molecular formula is C13H24N2O. The minimum Gasteiger partial charge on any atom is -0.342 e. The number of nitrogens with one attached hydrogen (secondary N) is 1. The van der Waals surface area contributed by atoms with Crippen LogP contribution in [0, 0.1) is 10.8 Å². The van der Waals surface area contributed by atoms with Crippen LogP contribution in [0.5, 0.6) is 0 Å². The Morgan fingerprint density at radius 3 is 2.25 bits per heavy atom. The Labute approximate surface area is 98.6 Å². The first-order valence-electron chi connectivity index (χ1n) is 6.43. The third kappa shape index (κ3) is 2.24. The Balaban J connectivity index is 1.92. The van der Waals surface area contributed by atoms with Gasteiger partial charge in [-0.25, -0.2) is 0 Å². The van der Waals surface area contributed by atoms with E-state index in [9.17, 15) is 4.79 Å². The fourth-order valence-electron chi connectivity index (χ4n) is 2.88. The van der Waals surface area contributed by atoms with Crippen molar-refractivity contribution in [2.24, 2.45) is 10.8 Å². The van der Waals surface area contributed by atoms with E-state index in [4.69, 9.17) is 0 Å². The monoisotopic (exact) mass is 224 g/mol. The Kier molecular flexibility index (Phi) is 2.99. The van der Waals surface area contributed by atoms with Gasteiger partial charge in [-0.2, -0.15) is 0 Å². The minimum atomic E-state index is -0.224. The summed E-state index contributed by atoms with van der Waals surface area (Å²) in [5.41, 5.74) is 0.285. The number of likely N-dealkylation sites (tertiary alicyclic amines) is 1. The van der Waals surface area contributed by atoms with Crippen molar-refractivity contribution in [2.75, 3.05) is 26.2 Å². The first-order valence-corrected chi connectivity index (χ1v) is 6.43. The molecule has 0 radical (unpaired) electrons. The van der Waals surface area contributed by atoms with Crippen LogP contribution in [0.15, 0.2) is 0 Å². The predicted octanol–water partition coefficient (Wildman–Crippen LogP) is 1.63. The lowest BCUT2D eigenvalue weighted by atomic mass is 9.77. The lowest BCUT2D eigenvalue weighted by molar-refractivity contribution is -0.141. The molecule has 0 atom stereocenters. The smallest absolute Gasteiger partial charge is 0.227 e. The molecule has 0 aliphatic carbocycles. The van der Waals surface area contributed by atoms with E-state index >= 15 is 0 Å². The maximum atomic E-state index is 12.1. The van der Waals surface area contributed by atoms with Gasteiger partial charge in [0, 0.05) is 25.0 Å². The zero-order chi connectivity index (χ0) is 11.8. The topological polar surface area (TPSA) is 32.3 Å². The number of piperidine rings is 1. The van der Waals surface area contributed by atoms with Gasteiger partial charge in [-0.3, -0.25) is 4.79 Å². The lowest BCUT2D eigenvalue weighted by Gasteiger charge is -2.41. The van der Waals surface area contributed by atoms with E-state index in [-0.39, 0.29) is 5.41 Å². The molecule has 2 rings (SSSR count). The predicted molar refractivity (Wildman–Crippen MR) is 65.2 cm³/mol. The molecule has 3 nitrogen and oxygen atoms in total. The zero-order valence-corrected chi connectivity index (χ0v) is 10.8. The number of carbonyl (C=O) groups is 1. The van der Waals surface area contributed by atoms with Crippen molar-refractivity contribution in [3.8, 4) is 0 Å². The number of rotatable bonds is 0. The standard InChI is InChI=1S/C13H24N2O/c1-12(2,3)11(16)15-8-5-13(6-9-15)4-7-14-10-13/h14H,4-10H2,1-3H3. The van der Waals surface area contributed by atoms with Gasteiger partial charge in [0.1, 0.15) is 0 Å². The van der Waals surface area contributed by atoms with Gasteiger partial charge in [0.25, 0.3) is 0 Å². The third-order valence-corrected chi connectivity index (χ3v) is 4.09. The molecule has 0 bridgehead atoms. The molecule has 1 N–H and O–H groups in total. The summed E-state index contributed by atoms with van der Waals surface area (Å²) in [6.45, 7) is 10.3. The summed E-state index contributed by atoms with van der Waals surface area (Å²) in [4.78, 5) is 14.2. The first kappa shape index (κ1) is 11.9. The summed E-state index contributed by atoms with van der Waals surface area (Å²) < 4.78 is 0. The van der Waals surface area contributed by atoms with E-state index in [0.29, 0.717) is 11.3 Å². The van der Waals surface area contributed by atoms with Gasteiger partial charge >= 0.3 is 0 Å². The Morgan fingerprint density at radius 1 is 1.19 bits per heavy atom. The summed E-state index contributed by atoms with van der Waals surface area (Å²) in [5.74, 6) is 0.313. The summed E-state index contributed by atoms with van der Waals surface area (Å²) in [7, 11) is 0. The van der Waals surface area contributed by atoms with Crippen LogP contribution in [0.3, 0.4) is 0 Å². The molecule has 0 aromatic rings. The van der Waals surface area contributed by atoms with Gasteiger partial charge < -0.3 is 10.2 Å². The molecule has 92 valence electrons. The van der Waals surface area contributed by atoms with Gasteiger partial charge in [-0.15, -0.1) is 0 Å². The molecule has 2 saturated heterocycles. The quantitative estimate of drug-likeness (QED) is 0.678. The van der Waals surface area contributed by atoms with Crippen molar-refractivity contribution in [3.63, 3.8) is 0 Å². The molecule has 16 heavy (non-hydrogen) atoms. The van der Waals surface area contributed by atoms with Gasteiger partial charge in [0.15, 0.2) is 0 Å². The van der Waals surface area contributed by atoms with Crippen LogP contribution < -0.4 is 5.32 Å². The van der Waals surface area contributed by atoms with Crippen molar-refractivity contribution < 1.29 is 4.79 Å². The SMILES string of the molecule is CC(C)(C)C(=O)N1CCC2(CCNC2)CC1. The molecule has 0 aromatic carbocycles. The molecule has 3 heteroatoms. The minimum absolute atomic E-state index is 0.224. The Morgan fingerprint density at radius 2 is 1.81 bits per heavy atom. The van der Waals surface area contributed by atoms with Gasteiger partial charge in [-0.1, -0.05) is 20.8 Å². The summed E-state index contributed by atoms with van der Waals surface area (Å²) >= 11 is 0. The van der Waals surface area contributed by atoms with E-state index in [1.165, 1.54) is 19.3 Å². The van der Waals surface area contributed by atoms with Crippen LogP contribution in [-0.4, -0.2) is 37.0 Å². The number of amides is 1. The van der Waals surface area contributed by atoms with Crippen LogP contribution in [0.4, 0.5) is 0 Å². The highest BCUT2D eigenvalue weighted by atomic mass is 16.2. The average molecular weight is 224 g/mol. The molecule has 1 amide bonds.